The smallest absolute Gasteiger partial charge is 0.131 e. The van der Waals surface area contributed by atoms with Crippen LogP contribution < -0.4 is 10.5 Å². The van der Waals surface area contributed by atoms with Gasteiger partial charge in [0.1, 0.15) is 11.6 Å². The molecule has 0 saturated carbocycles. The molecule has 112 valence electrons. The molecule has 1 aromatic carbocycles. The number of rotatable bonds is 4. The van der Waals surface area contributed by atoms with Crippen LogP contribution in [0.4, 0.5) is 4.39 Å². The Kier molecular flexibility index (Phi) is 5.00. The molecule has 4 heteroatoms. The molecular weight excluding hydrogens is 255 g/mol. The molecule has 0 bridgehead atoms. The van der Waals surface area contributed by atoms with Crippen molar-refractivity contribution in [1.82, 2.24) is 4.90 Å². The number of hydrogen-bond donors (Lipinski definition) is 1. The molecule has 1 aliphatic rings. The lowest BCUT2D eigenvalue weighted by Gasteiger charge is -2.42. The highest BCUT2D eigenvalue weighted by Gasteiger charge is 2.32. The highest BCUT2D eigenvalue weighted by Crippen LogP contribution is 2.35. The van der Waals surface area contributed by atoms with Crippen molar-refractivity contribution in [2.75, 3.05) is 13.7 Å². The van der Waals surface area contributed by atoms with Crippen LogP contribution in [0.25, 0.3) is 0 Å². The van der Waals surface area contributed by atoms with Gasteiger partial charge in [-0.1, -0.05) is 12.5 Å². The third-order valence-electron chi connectivity index (χ3n) is 4.35. The van der Waals surface area contributed by atoms with Crippen LogP contribution in [0.3, 0.4) is 0 Å². The molecule has 1 heterocycles. The first-order valence-corrected chi connectivity index (χ1v) is 7.40. The van der Waals surface area contributed by atoms with Gasteiger partial charge in [0.25, 0.3) is 0 Å². The number of nitrogens with zero attached hydrogens (tertiary/aromatic N) is 1. The van der Waals surface area contributed by atoms with Crippen LogP contribution in [-0.2, 0) is 0 Å². The van der Waals surface area contributed by atoms with Crippen molar-refractivity contribution in [3.05, 3.63) is 29.6 Å². The van der Waals surface area contributed by atoms with E-state index in [0.717, 1.165) is 19.4 Å². The van der Waals surface area contributed by atoms with Gasteiger partial charge in [-0.15, -0.1) is 0 Å². The molecule has 3 atom stereocenters. The Bertz CT molecular complexity index is 450. The topological polar surface area (TPSA) is 38.5 Å². The summed E-state index contributed by atoms with van der Waals surface area (Å²) in [6.07, 6.45) is 3.42. The zero-order chi connectivity index (χ0) is 14.7. The molecule has 1 aromatic rings. The summed E-state index contributed by atoms with van der Waals surface area (Å²) in [5.41, 5.74) is 6.76. The number of halogens is 1. The van der Waals surface area contributed by atoms with Crippen LogP contribution in [0.5, 0.6) is 5.75 Å². The second-order valence-corrected chi connectivity index (χ2v) is 5.69. The van der Waals surface area contributed by atoms with Gasteiger partial charge >= 0.3 is 0 Å². The van der Waals surface area contributed by atoms with E-state index in [1.165, 1.54) is 12.5 Å². The van der Waals surface area contributed by atoms with E-state index >= 15 is 0 Å². The predicted octanol–water partition coefficient (Wildman–Crippen LogP) is 3.10. The lowest BCUT2D eigenvalue weighted by molar-refractivity contribution is 0.0859. The van der Waals surface area contributed by atoms with Crippen molar-refractivity contribution in [1.29, 1.82) is 0 Å². The van der Waals surface area contributed by atoms with E-state index in [4.69, 9.17) is 10.5 Å². The number of methoxy groups -OCH3 is 1. The van der Waals surface area contributed by atoms with Crippen molar-refractivity contribution in [3.8, 4) is 5.75 Å². The van der Waals surface area contributed by atoms with Gasteiger partial charge in [0.2, 0.25) is 0 Å². The van der Waals surface area contributed by atoms with Gasteiger partial charge in [0, 0.05) is 23.7 Å². The minimum absolute atomic E-state index is 0.0255. The molecule has 0 spiro atoms. The Labute approximate surface area is 120 Å². The maximum Gasteiger partial charge on any atom is 0.131 e. The van der Waals surface area contributed by atoms with E-state index in [1.807, 2.05) is 19.9 Å². The van der Waals surface area contributed by atoms with Gasteiger partial charge in [-0.05, 0) is 45.4 Å². The Morgan fingerprint density at radius 1 is 1.35 bits per heavy atom. The normalized spacial score (nSPS) is 23.4. The maximum absolute atomic E-state index is 14.2. The highest BCUT2D eigenvalue weighted by atomic mass is 19.1. The van der Waals surface area contributed by atoms with Gasteiger partial charge in [0.15, 0.2) is 0 Å². The summed E-state index contributed by atoms with van der Waals surface area (Å²) in [6, 6.07) is 5.38. The van der Waals surface area contributed by atoms with Crippen LogP contribution in [0.1, 0.15) is 44.7 Å². The number of piperidine rings is 1. The number of ether oxygens (including phenoxy) is 1. The Hall–Kier alpha value is -1.13. The molecular formula is C16H25FN2O. The van der Waals surface area contributed by atoms with Gasteiger partial charge in [-0.3, -0.25) is 4.90 Å². The Balaban J connectivity index is 2.32. The lowest BCUT2D eigenvalue weighted by atomic mass is 9.93. The van der Waals surface area contributed by atoms with E-state index < -0.39 is 0 Å². The first-order valence-electron chi connectivity index (χ1n) is 7.40. The number of nitrogens with two attached hydrogens (primary N) is 1. The van der Waals surface area contributed by atoms with Gasteiger partial charge < -0.3 is 10.5 Å². The number of hydrogen-bond acceptors (Lipinski definition) is 3. The molecule has 1 fully saturated rings. The molecule has 0 aromatic heterocycles. The fourth-order valence-corrected chi connectivity index (χ4v) is 3.29. The fourth-order valence-electron chi connectivity index (χ4n) is 3.29. The molecule has 1 saturated heterocycles. The summed E-state index contributed by atoms with van der Waals surface area (Å²) in [7, 11) is 1.59. The SMILES string of the molecule is COc1cccc(F)c1C(C)N1CCCCC1C(C)N. The number of benzene rings is 1. The molecule has 1 aliphatic heterocycles. The number of likely N-dealkylation sites (tertiary alicyclic amines) is 1. The average Bonchev–Trinajstić information content (AvgIpc) is 2.46. The summed E-state index contributed by atoms with van der Waals surface area (Å²) in [5, 5.41) is 0. The molecule has 2 rings (SSSR count). The summed E-state index contributed by atoms with van der Waals surface area (Å²) >= 11 is 0. The largest absolute Gasteiger partial charge is 0.496 e. The van der Waals surface area contributed by atoms with Crippen LogP contribution in [-0.4, -0.2) is 30.6 Å². The fraction of sp³-hybridized carbons (Fsp3) is 0.625. The minimum atomic E-state index is -0.203. The standard InChI is InChI=1S/C16H25FN2O/c1-11(18)14-8-4-5-10-19(14)12(2)16-13(17)7-6-9-15(16)20-3/h6-7,9,11-12,14H,4-5,8,10,18H2,1-3H3. The zero-order valence-electron chi connectivity index (χ0n) is 12.6. The third-order valence-corrected chi connectivity index (χ3v) is 4.35. The second kappa shape index (κ2) is 6.55. The van der Waals surface area contributed by atoms with E-state index in [-0.39, 0.29) is 17.9 Å². The van der Waals surface area contributed by atoms with E-state index in [2.05, 4.69) is 4.90 Å². The van der Waals surface area contributed by atoms with Crippen molar-refractivity contribution >= 4 is 0 Å². The summed E-state index contributed by atoms with van der Waals surface area (Å²) in [5.74, 6) is 0.414. The Morgan fingerprint density at radius 3 is 2.75 bits per heavy atom. The quantitative estimate of drug-likeness (QED) is 0.921. The molecule has 2 N–H and O–H groups in total. The van der Waals surface area contributed by atoms with Crippen LogP contribution in [0, 0.1) is 5.82 Å². The second-order valence-electron chi connectivity index (χ2n) is 5.69. The monoisotopic (exact) mass is 280 g/mol. The Morgan fingerprint density at radius 2 is 2.10 bits per heavy atom. The van der Waals surface area contributed by atoms with Crippen LogP contribution >= 0.6 is 0 Å². The predicted molar refractivity (Wildman–Crippen MR) is 79.4 cm³/mol. The van der Waals surface area contributed by atoms with Crippen LogP contribution in [0.2, 0.25) is 0 Å². The van der Waals surface area contributed by atoms with Crippen LogP contribution in [0.15, 0.2) is 18.2 Å². The highest BCUT2D eigenvalue weighted by molar-refractivity contribution is 5.37. The van der Waals surface area contributed by atoms with Gasteiger partial charge in [0.05, 0.1) is 7.11 Å². The third kappa shape index (κ3) is 2.96. The van der Waals surface area contributed by atoms with E-state index in [0.29, 0.717) is 17.4 Å². The summed E-state index contributed by atoms with van der Waals surface area (Å²) in [4.78, 5) is 2.33. The first-order chi connectivity index (χ1) is 9.56. The summed E-state index contributed by atoms with van der Waals surface area (Å²) < 4.78 is 19.6. The molecule has 0 amide bonds. The van der Waals surface area contributed by atoms with Crippen molar-refractivity contribution in [3.63, 3.8) is 0 Å². The van der Waals surface area contributed by atoms with E-state index in [9.17, 15) is 4.39 Å². The maximum atomic E-state index is 14.2. The van der Waals surface area contributed by atoms with E-state index in [1.54, 1.807) is 13.2 Å². The zero-order valence-corrected chi connectivity index (χ0v) is 12.6. The average molecular weight is 280 g/mol. The van der Waals surface area contributed by atoms with Gasteiger partial charge in [-0.2, -0.15) is 0 Å². The lowest BCUT2D eigenvalue weighted by Crippen LogP contribution is -2.50. The summed E-state index contributed by atoms with van der Waals surface area (Å²) in [6.45, 7) is 5.04. The van der Waals surface area contributed by atoms with Crippen molar-refractivity contribution in [2.24, 2.45) is 5.73 Å². The van der Waals surface area contributed by atoms with Gasteiger partial charge in [-0.25, -0.2) is 4.39 Å². The molecule has 3 nitrogen and oxygen atoms in total. The first kappa shape index (κ1) is 15.3. The molecule has 3 unspecified atom stereocenters. The minimum Gasteiger partial charge on any atom is -0.496 e. The molecule has 20 heavy (non-hydrogen) atoms. The molecule has 0 radical (unpaired) electrons. The van der Waals surface area contributed by atoms with Crippen molar-refractivity contribution in [2.45, 2.75) is 51.2 Å². The molecule has 0 aliphatic carbocycles. The van der Waals surface area contributed by atoms with Crippen molar-refractivity contribution < 1.29 is 9.13 Å².